The molecule has 1 N–H and O–H groups in total. The van der Waals surface area contributed by atoms with E-state index in [4.69, 9.17) is 11.6 Å². The highest BCUT2D eigenvalue weighted by Gasteiger charge is 2.11. The summed E-state index contributed by atoms with van der Waals surface area (Å²) in [6.45, 7) is 2.66. The third kappa shape index (κ3) is 2.89. The zero-order valence-corrected chi connectivity index (χ0v) is 11.1. The van der Waals surface area contributed by atoms with Crippen molar-refractivity contribution in [3.8, 4) is 0 Å². The lowest BCUT2D eigenvalue weighted by Gasteiger charge is -2.07. The van der Waals surface area contributed by atoms with Crippen LogP contribution in [0.1, 0.15) is 30.3 Å². The van der Waals surface area contributed by atoms with Crippen molar-refractivity contribution in [1.82, 2.24) is 15.0 Å². The molecule has 18 heavy (non-hydrogen) atoms. The second kappa shape index (κ2) is 5.98. The minimum absolute atomic E-state index is 0.0646. The van der Waals surface area contributed by atoms with Crippen LogP contribution in [0, 0.1) is 0 Å². The molecule has 0 aliphatic carbocycles. The van der Waals surface area contributed by atoms with Crippen molar-refractivity contribution in [2.24, 2.45) is 0 Å². The number of rotatable bonds is 5. The molecule has 5 heteroatoms. The van der Waals surface area contributed by atoms with Crippen molar-refractivity contribution in [3.05, 3.63) is 46.2 Å². The fourth-order valence-corrected chi connectivity index (χ4v) is 2.15. The van der Waals surface area contributed by atoms with E-state index in [-0.39, 0.29) is 6.61 Å². The maximum absolute atomic E-state index is 9.23. The van der Waals surface area contributed by atoms with Gasteiger partial charge in [-0.2, -0.15) is 0 Å². The zero-order valence-electron chi connectivity index (χ0n) is 10.3. The predicted octanol–water partition coefficient (Wildman–Crippen LogP) is 2.42. The fourth-order valence-electron chi connectivity index (χ4n) is 1.94. The van der Waals surface area contributed by atoms with Crippen LogP contribution in [0.3, 0.4) is 0 Å². The van der Waals surface area contributed by atoms with Crippen LogP contribution < -0.4 is 0 Å². The Kier molecular flexibility index (Phi) is 4.33. The molecule has 1 heterocycles. The lowest BCUT2D eigenvalue weighted by atomic mass is 10.2. The van der Waals surface area contributed by atoms with Crippen LogP contribution in [0.5, 0.6) is 0 Å². The lowest BCUT2D eigenvalue weighted by Crippen LogP contribution is -2.07. The van der Waals surface area contributed by atoms with Crippen molar-refractivity contribution in [2.45, 2.75) is 32.9 Å². The van der Waals surface area contributed by atoms with Gasteiger partial charge >= 0.3 is 0 Å². The maximum Gasteiger partial charge on any atom is 0.111 e. The number of benzene rings is 1. The molecule has 1 aromatic carbocycles. The van der Waals surface area contributed by atoms with Gasteiger partial charge in [0, 0.05) is 5.02 Å². The topological polar surface area (TPSA) is 50.9 Å². The van der Waals surface area contributed by atoms with Crippen LogP contribution in [0.15, 0.2) is 24.3 Å². The first-order valence-electron chi connectivity index (χ1n) is 6.01. The largest absolute Gasteiger partial charge is 0.390 e. The molecule has 0 aliphatic rings. The molecule has 0 bridgehead atoms. The Morgan fingerprint density at radius 2 is 2.22 bits per heavy atom. The van der Waals surface area contributed by atoms with Crippen molar-refractivity contribution in [3.63, 3.8) is 0 Å². The zero-order chi connectivity index (χ0) is 13.0. The minimum Gasteiger partial charge on any atom is -0.390 e. The summed E-state index contributed by atoms with van der Waals surface area (Å²) in [5.74, 6) is 0. The quantitative estimate of drug-likeness (QED) is 0.903. The number of aromatic nitrogens is 3. The fraction of sp³-hybridized carbons (Fsp3) is 0.385. The maximum atomic E-state index is 9.23. The van der Waals surface area contributed by atoms with Crippen LogP contribution in [0.2, 0.25) is 5.02 Å². The van der Waals surface area contributed by atoms with Crippen LogP contribution in [-0.2, 0) is 19.6 Å². The average molecular weight is 266 g/mol. The first kappa shape index (κ1) is 13.1. The summed E-state index contributed by atoms with van der Waals surface area (Å²) in [4.78, 5) is 0. The highest BCUT2D eigenvalue weighted by molar-refractivity contribution is 6.30. The summed E-state index contributed by atoms with van der Waals surface area (Å²) in [5, 5.41) is 18.0. The molecule has 0 saturated heterocycles. The van der Waals surface area contributed by atoms with Gasteiger partial charge in [0.25, 0.3) is 0 Å². The molecule has 96 valence electrons. The molecule has 0 unspecified atom stereocenters. The Morgan fingerprint density at radius 3 is 2.89 bits per heavy atom. The van der Waals surface area contributed by atoms with E-state index in [2.05, 4.69) is 17.2 Å². The summed E-state index contributed by atoms with van der Waals surface area (Å²) in [5.41, 5.74) is 2.74. The van der Waals surface area contributed by atoms with E-state index in [0.717, 1.165) is 24.1 Å². The predicted molar refractivity (Wildman–Crippen MR) is 70.5 cm³/mol. The first-order valence-corrected chi connectivity index (χ1v) is 6.39. The van der Waals surface area contributed by atoms with Gasteiger partial charge in [0.05, 0.1) is 18.8 Å². The molecule has 0 saturated carbocycles. The van der Waals surface area contributed by atoms with Gasteiger partial charge in [-0.1, -0.05) is 42.3 Å². The summed E-state index contributed by atoms with van der Waals surface area (Å²) < 4.78 is 1.83. The molecule has 0 amide bonds. The Labute approximate surface area is 111 Å². The van der Waals surface area contributed by atoms with Gasteiger partial charge in [0.1, 0.15) is 5.69 Å². The van der Waals surface area contributed by atoms with E-state index >= 15 is 0 Å². The molecule has 0 spiro atoms. The van der Waals surface area contributed by atoms with Crippen molar-refractivity contribution >= 4 is 11.6 Å². The van der Waals surface area contributed by atoms with E-state index in [9.17, 15) is 5.11 Å². The molecule has 0 aliphatic heterocycles. The molecular weight excluding hydrogens is 250 g/mol. The normalized spacial score (nSPS) is 10.8. The number of nitrogens with zero attached hydrogens (tertiary/aromatic N) is 3. The summed E-state index contributed by atoms with van der Waals surface area (Å²) in [7, 11) is 0. The number of aliphatic hydroxyl groups is 1. The van der Waals surface area contributed by atoms with Crippen LogP contribution in [0.25, 0.3) is 0 Å². The van der Waals surface area contributed by atoms with Crippen LogP contribution >= 0.6 is 11.6 Å². The van der Waals surface area contributed by atoms with Crippen molar-refractivity contribution in [2.75, 3.05) is 0 Å². The molecular formula is C13H16ClN3O. The number of hydrogen-bond acceptors (Lipinski definition) is 3. The Hall–Kier alpha value is -1.39. The van der Waals surface area contributed by atoms with Crippen molar-refractivity contribution in [1.29, 1.82) is 0 Å². The third-order valence-electron chi connectivity index (χ3n) is 2.78. The van der Waals surface area contributed by atoms with E-state index < -0.39 is 0 Å². The Morgan fingerprint density at radius 1 is 1.39 bits per heavy atom. The standard InChI is InChI=1S/C13H16ClN3O/c1-2-4-13-12(9-18)15-16-17(13)8-10-5-3-6-11(14)7-10/h3,5-7,18H,2,4,8-9H2,1H3. The van der Waals surface area contributed by atoms with E-state index in [1.54, 1.807) is 0 Å². The van der Waals surface area contributed by atoms with Gasteiger partial charge in [-0.3, -0.25) is 0 Å². The second-order valence-corrected chi connectivity index (χ2v) is 4.61. The molecule has 2 rings (SSSR count). The second-order valence-electron chi connectivity index (χ2n) is 4.18. The molecule has 4 nitrogen and oxygen atoms in total. The summed E-state index contributed by atoms with van der Waals surface area (Å²) in [6.07, 6.45) is 1.86. The molecule has 0 fully saturated rings. The Balaban J connectivity index is 2.25. The SMILES string of the molecule is CCCc1c(CO)nnn1Cc1cccc(Cl)c1. The van der Waals surface area contributed by atoms with Crippen molar-refractivity contribution < 1.29 is 5.11 Å². The highest BCUT2D eigenvalue weighted by atomic mass is 35.5. The number of aliphatic hydroxyl groups excluding tert-OH is 1. The monoisotopic (exact) mass is 265 g/mol. The number of hydrogen-bond donors (Lipinski definition) is 1. The van der Waals surface area contributed by atoms with E-state index in [0.29, 0.717) is 17.3 Å². The Bertz CT molecular complexity index is 525. The van der Waals surface area contributed by atoms with Gasteiger partial charge < -0.3 is 5.11 Å². The van der Waals surface area contributed by atoms with Gasteiger partial charge in [0.2, 0.25) is 0 Å². The first-order chi connectivity index (χ1) is 8.74. The smallest absolute Gasteiger partial charge is 0.111 e. The highest BCUT2D eigenvalue weighted by Crippen LogP contribution is 2.14. The average Bonchev–Trinajstić information content (AvgIpc) is 2.72. The van der Waals surface area contributed by atoms with Gasteiger partial charge in [-0.05, 0) is 24.1 Å². The molecule has 0 atom stereocenters. The number of halogens is 1. The van der Waals surface area contributed by atoms with Gasteiger partial charge in [0.15, 0.2) is 0 Å². The summed E-state index contributed by atoms with van der Waals surface area (Å²) in [6, 6.07) is 7.68. The molecule has 0 radical (unpaired) electrons. The third-order valence-corrected chi connectivity index (χ3v) is 3.01. The molecule has 1 aromatic heterocycles. The van der Waals surface area contributed by atoms with Crippen LogP contribution in [0.4, 0.5) is 0 Å². The van der Waals surface area contributed by atoms with E-state index in [1.165, 1.54) is 0 Å². The molecule has 2 aromatic rings. The van der Waals surface area contributed by atoms with Gasteiger partial charge in [-0.25, -0.2) is 4.68 Å². The van der Waals surface area contributed by atoms with Gasteiger partial charge in [-0.15, -0.1) is 5.10 Å². The van der Waals surface area contributed by atoms with E-state index in [1.807, 2.05) is 28.9 Å². The summed E-state index contributed by atoms with van der Waals surface area (Å²) >= 11 is 5.96. The van der Waals surface area contributed by atoms with Crippen LogP contribution in [-0.4, -0.2) is 20.1 Å². The minimum atomic E-state index is -0.0646. The lowest BCUT2D eigenvalue weighted by molar-refractivity contribution is 0.275.